The Labute approximate surface area is 97.1 Å². The predicted molar refractivity (Wildman–Crippen MR) is 63.4 cm³/mol. The molecule has 0 amide bonds. The summed E-state index contributed by atoms with van der Waals surface area (Å²) in [5.74, 6) is 0.222. The molecule has 0 saturated carbocycles. The number of hydrogen-bond acceptors (Lipinski definition) is 2. The quantitative estimate of drug-likeness (QED) is 0.788. The lowest BCUT2D eigenvalue weighted by Crippen LogP contribution is -2.28. The molecular weight excluding hydrogens is 222 g/mol. The standard InChI is InChI=1S/C12H16NO2S/c1-10-3-5-12(6-4-10)16(14,15)13-8-7-11(2)9-13/h3-6,11H,2,7-9H2,1H3. The van der Waals surface area contributed by atoms with Crippen LogP contribution in [0.4, 0.5) is 0 Å². The van der Waals surface area contributed by atoms with E-state index in [-0.39, 0.29) is 5.92 Å². The first-order valence-corrected chi connectivity index (χ1v) is 6.84. The zero-order chi connectivity index (χ0) is 11.8. The molecule has 1 fully saturated rings. The van der Waals surface area contributed by atoms with E-state index in [1.165, 1.54) is 4.31 Å². The zero-order valence-electron chi connectivity index (χ0n) is 9.39. The molecule has 1 heterocycles. The van der Waals surface area contributed by atoms with Gasteiger partial charge in [0.1, 0.15) is 0 Å². The maximum Gasteiger partial charge on any atom is 0.243 e. The molecule has 1 aliphatic rings. The van der Waals surface area contributed by atoms with Crippen LogP contribution in [0.3, 0.4) is 0 Å². The fourth-order valence-electron chi connectivity index (χ4n) is 1.87. The molecule has 0 N–H and O–H groups in total. The summed E-state index contributed by atoms with van der Waals surface area (Å²) in [5.41, 5.74) is 1.07. The third-order valence-corrected chi connectivity index (χ3v) is 4.79. The number of sulfonamides is 1. The molecule has 1 aromatic rings. The fraction of sp³-hybridized carbons (Fsp3) is 0.417. The van der Waals surface area contributed by atoms with Crippen molar-refractivity contribution in [2.75, 3.05) is 13.1 Å². The zero-order valence-corrected chi connectivity index (χ0v) is 10.2. The van der Waals surface area contributed by atoms with Crippen LogP contribution in [0.2, 0.25) is 0 Å². The third kappa shape index (κ3) is 2.13. The topological polar surface area (TPSA) is 37.4 Å². The van der Waals surface area contributed by atoms with E-state index in [0.29, 0.717) is 18.0 Å². The van der Waals surface area contributed by atoms with E-state index in [1.807, 2.05) is 19.1 Å². The monoisotopic (exact) mass is 238 g/mol. The highest BCUT2D eigenvalue weighted by atomic mass is 32.2. The van der Waals surface area contributed by atoms with Gasteiger partial charge in [-0.1, -0.05) is 17.7 Å². The molecule has 3 nitrogen and oxygen atoms in total. The summed E-state index contributed by atoms with van der Waals surface area (Å²) in [5, 5.41) is 0. The molecule has 16 heavy (non-hydrogen) atoms. The van der Waals surface area contributed by atoms with Gasteiger partial charge in [0, 0.05) is 13.1 Å². The Kier molecular flexibility index (Phi) is 3.04. The third-order valence-electron chi connectivity index (χ3n) is 2.91. The van der Waals surface area contributed by atoms with Crippen LogP contribution in [0.25, 0.3) is 0 Å². The minimum atomic E-state index is -3.30. The molecule has 2 rings (SSSR count). The van der Waals surface area contributed by atoms with Crippen LogP contribution in [0.15, 0.2) is 29.2 Å². The second-order valence-electron chi connectivity index (χ2n) is 4.33. The van der Waals surface area contributed by atoms with Crippen molar-refractivity contribution in [3.63, 3.8) is 0 Å². The van der Waals surface area contributed by atoms with Crippen molar-refractivity contribution in [1.29, 1.82) is 0 Å². The van der Waals surface area contributed by atoms with Gasteiger partial charge in [-0.05, 0) is 38.3 Å². The average molecular weight is 238 g/mol. The first-order valence-electron chi connectivity index (χ1n) is 5.40. The Morgan fingerprint density at radius 2 is 1.94 bits per heavy atom. The van der Waals surface area contributed by atoms with Gasteiger partial charge in [-0.25, -0.2) is 8.42 Å². The van der Waals surface area contributed by atoms with Crippen LogP contribution < -0.4 is 0 Å². The van der Waals surface area contributed by atoms with Gasteiger partial charge in [-0.15, -0.1) is 0 Å². The predicted octanol–water partition coefficient (Wildman–Crippen LogP) is 1.84. The van der Waals surface area contributed by atoms with E-state index in [1.54, 1.807) is 12.1 Å². The Morgan fingerprint density at radius 3 is 2.44 bits per heavy atom. The number of aryl methyl sites for hydroxylation is 1. The highest BCUT2D eigenvalue weighted by Gasteiger charge is 2.30. The first kappa shape index (κ1) is 11.6. The summed E-state index contributed by atoms with van der Waals surface area (Å²) < 4.78 is 25.9. The lowest BCUT2D eigenvalue weighted by molar-refractivity contribution is 0.470. The normalized spacial score (nSPS) is 22.5. The lowest BCUT2D eigenvalue weighted by atomic mass is 10.2. The van der Waals surface area contributed by atoms with Crippen LogP contribution in [0, 0.1) is 19.8 Å². The molecule has 1 unspecified atom stereocenters. The molecule has 87 valence electrons. The minimum absolute atomic E-state index is 0.222. The molecule has 0 spiro atoms. The van der Waals surface area contributed by atoms with Crippen LogP contribution in [0.1, 0.15) is 12.0 Å². The van der Waals surface area contributed by atoms with Crippen molar-refractivity contribution in [2.45, 2.75) is 18.2 Å². The summed E-state index contributed by atoms with van der Waals surface area (Å²) in [7, 11) is -3.30. The van der Waals surface area contributed by atoms with Gasteiger partial charge in [0.05, 0.1) is 4.90 Å². The highest BCUT2D eigenvalue weighted by molar-refractivity contribution is 7.89. The van der Waals surface area contributed by atoms with Crippen LogP contribution >= 0.6 is 0 Å². The Hall–Kier alpha value is -0.870. The molecule has 1 saturated heterocycles. The van der Waals surface area contributed by atoms with Crippen molar-refractivity contribution in [1.82, 2.24) is 4.31 Å². The van der Waals surface area contributed by atoms with E-state index in [4.69, 9.17) is 0 Å². The second kappa shape index (κ2) is 4.18. The summed E-state index contributed by atoms with van der Waals surface area (Å²) in [6.07, 6.45) is 0.852. The average Bonchev–Trinajstić information content (AvgIpc) is 2.66. The summed E-state index contributed by atoms with van der Waals surface area (Å²) in [6, 6.07) is 6.98. The summed E-state index contributed by atoms with van der Waals surface area (Å²) >= 11 is 0. The van der Waals surface area contributed by atoms with Crippen molar-refractivity contribution in [3.8, 4) is 0 Å². The molecule has 4 heteroatoms. The van der Waals surface area contributed by atoms with Crippen molar-refractivity contribution >= 4 is 10.0 Å². The summed E-state index contributed by atoms with van der Waals surface area (Å²) in [6.45, 7) is 6.97. The largest absolute Gasteiger partial charge is 0.243 e. The molecule has 1 aromatic carbocycles. The van der Waals surface area contributed by atoms with Crippen LogP contribution in [-0.2, 0) is 10.0 Å². The fourth-order valence-corrected chi connectivity index (χ4v) is 3.41. The van der Waals surface area contributed by atoms with E-state index in [2.05, 4.69) is 6.92 Å². The van der Waals surface area contributed by atoms with Gasteiger partial charge in [-0.2, -0.15) is 4.31 Å². The SMILES string of the molecule is [CH2]C1CCN(S(=O)(=O)c2ccc(C)cc2)C1. The van der Waals surface area contributed by atoms with E-state index in [0.717, 1.165) is 12.0 Å². The van der Waals surface area contributed by atoms with E-state index >= 15 is 0 Å². The Bertz CT molecular complexity index is 464. The number of hydrogen-bond donors (Lipinski definition) is 0. The molecule has 0 aromatic heterocycles. The number of rotatable bonds is 2. The van der Waals surface area contributed by atoms with Crippen LogP contribution in [-0.4, -0.2) is 25.8 Å². The van der Waals surface area contributed by atoms with Crippen molar-refractivity contribution in [2.24, 2.45) is 5.92 Å². The number of benzene rings is 1. The Balaban J connectivity index is 2.29. The molecule has 0 bridgehead atoms. The van der Waals surface area contributed by atoms with Crippen molar-refractivity contribution < 1.29 is 8.42 Å². The smallest absolute Gasteiger partial charge is 0.207 e. The molecule has 1 radical (unpaired) electrons. The lowest BCUT2D eigenvalue weighted by Gasteiger charge is -2.15. The molecule has 1 atom stereocenters. The van der Waals surface area contributed by atoms with Gasteiger partial charge in [0.25, 0.3) is 0 Å². The van der Waals surface area contributed by atoms with Crippen molar-refractivity contribution in [3.05, 3.63) is 36.8 Å². The van der Waals surface area contributed by atoms with Gasteiger partial charge >= 0.3 is 0 Å². The second-order valence-corrected chi connectivity index (χ2v) is 6.27. The van der Waals surface area contributed by atoms with Gasteiger partial charge in [0.15, 0.2) is 0 Å². The molecule has 0 aliphatic carbocycles. The van der Waals surface area contributed by atoms with Crippen LogP contribution in [0.5, 0.6) is 0 Å². The maximum atomic E-state index is 12.2. The Morgan fingerprint density at radius 1 is 1.31 bits per heavy atom. The molecule has 1 aliphatic heterocycles. The summed E-state index contributed by atoms with van der Waals surface area (Å²) in [4.78, 5) is 0.382. The van der Waals surface area contributed by atoms with Gasteiger partial charge in [0.2, 0.25) is 10.0 Å². The van der Waals surface area contributed by atoms with Gasteiger partial charge < -0.3 is 0 Å². The number of nitrogens with zero attached hydrogens (tertiary/aromatic N) is 1. The van der Waals surface area contributed by atoms with E-state index in [9.17, 15) is 8.42 Å². The molecular formula is C12H16NO2S. The minimum Gasteiger partial charge on any atom is -0.207 e. The van der Waals surface area contributed by atoms with E-state index < -0.39 is 10.0 Å². The first-order chi connectivity index (χ1) is 7.50. The highest BCUT2D eigenvalue weighted by Crippen LogP contribution is 2.23. The van der Waals surface area contributed by atoms with Gasteiger partial charge in [-0.3, -0.25) is 0 Å². The maximum absolute atomic E-state index is 12.2.